The summed E-state index contributed by atoms with van der Waals surface area (Å²) in [6.45, 7) is 12.3. The Balaban J connectivity index is 1.38. The number of aromatic nitrogens is 2. The number of nitrogens with one attached hydrogen (secondary N) is 1. The number of hydrogen-bond acceptors (Lipinski definition) is 4. The molecule has 2 fully saturated rings. The Bertz CT molecular complexity index is 709. The smallest absolute Gasteiger partial charge is 0.0651 e. The summed E-state index contributed by atoms with van der Waals surface area (Å²) in [6.07, 6.45) is 1.31. The molecule has 0 spiro atoms. The monoisotopic (exact) mass is 339 g/mol. The Labute approximate surface area is 150 Å². The summed E-state index contributed by atoms with van der Waals surface area (Å²) >= 11 is 0. The molecule has 0 unspecified atom stereocenters. The molecular weight excluding hydrogens is 310 g/mol. The average molecular weight is 339 g/mol. The summed E-state index contributed by atoms with van der Waals surface area (Å²) in [5.41, 5.74) is 4.80. The van der Waals surface area contributed by atoms with E-state index in [1.54, 1.807) is 0 Å². The van der Waals surface area contributed by atoms with Crippen LogP contribution in [0.3, 0.4) is 0 Å². The van der Waals surface area contributed by atoms with Gasteiger partial charge < -0.3 is 5.32 Å². The molecule has 2 aliphatic rings. The second kappa shape index (κ2) is 7.28. The fourth-order valence-electron chi connectivity index (χ4n) is 4.17. The second-order valence-corrected chi connectivity index (χ2v) is 7.47. The summed E-state index contributed by atoms with van der Waals surface area (Å²) in [5, 5.41) is 8.10. The standard InChI is InChI=1S/C20H29N5/c1-16-12-17(2)25(22-16)19-5-3-4-18(13-19)15-23-8-10-24(11-9-23)20-6-7-21-14-20/h3-5,12-13,20-21H,6-11,14-15H2,1-2H3/t20-/m0/s1. The molecule has 0 aliphatic carbocycles. The molecule has 0 amide bonds. The Hall–Kier alpha value is -1.69. The van der Waals surface area contributed by atoms with Crippen LogP contribution < -0.4 is 5.32 Å². The zero-order valence-electron chi connectivity index (χ0n) is 15.4. The van der Waals surface area contributed by atoms with Crippen LogP contribution in [0.25, 0.3) is 5.69 Å². The lowest BCUT2D eigenvalue weighted by atomic mass is 10.1. The van der Waals surface area contributed by atoms with E-state index in [2.05, 4.69) is 57.5 Å². The van der Waals surface area contributed by atoms with E-state index in [0.717, 1.165) is 18.3 Å². The second-order valence-electron chi connectivity index (χ2n) is 7.47. The van der Waals surface area contributed by atoms with E-state index in [9.17, 15) is 0 Å². The summed E-state index contributed by atoms with van der Waals surface area (Å²) < 4.78 is 2.05. The highest BCUT2D eigenvalue weighted by Crippen LogP contribution is 2.17. The van der Waals surface area contributed by atoms with Gasteiger partial charge in [0.25, 0.3) is 0 Å². The third-order valence-corrected chi connectivity index (χ3v) is 5.53. The zero-order chi connectivity index (χ0) is 17.2. The van der Waals surface area contributed by atoms with Crippen molar-refractivity contribution in [2.45, 2.75) is 32.9 Å². The maximum absolute atomic E-state index is 4.61. The highest BCUT2D eigenvalue weighted by atomic mass is 15.3. The molecule has 25 heavy (non-hydrogen) atoms. The van der Waals surface area contributed by atoms with Gasteiger partial charge in [-0.3, -0.25) is 9.80 Å². The molecule has 0 bridgehead atoms. The first-order valence-corrected chi connectivity index (χ1v) is 9.49. The highest BCUT2D eigenvalue weighted by Gasteiger charge is 2.25. The van der Waals surface area contributed by atoms with E-state index in [1.807, 2.05) is 11.6 Å². The topological polar surface area (TPSA) is 36.3 Å². The van der Waals surface area contributed by atoms with Crippen molar-refractivity contribution in [3.05, 3.63) is 47.3 Å². The van der Waals surface area contributed by atoms with Crippen LogP contribution in [0.15, 0.2) is 30.3 Å². The molecule has 2 aromatic rings. The maximum Gasteiger partial charge on any atom is 0.0651 e. The molecule has 3 heterocycles. The Morgan fingerprint density at radius 1 is 1.12 bits per heavy atom. The fourth-order valence-corrected chi connectivity index (χ4v) is 4.17. The Morgan fingerprint density at radius 2 is 1.96 bits per heavy atom. The van der Waals surface area contributed by atoms with Crippen LogP contribution in [0, 0.1) is 13.8 Å². The van der Waals surface area contributed by atoms with Gasteiger partial charge >= 0.3 is 0 Å². The molecule has 0 radical (unpaired) electrons. The van der Waals surface area contributed by atoms with Crippen molar-refractivity contribution in [1.82, 2.24) is 24.9 Å². The van der Waals surface area contributed by atoms with Crippen molar-refractivity contribution in [2.75, 3.05) is 39.3 Å². The fraction of sp³-hybridized carbons (Fsp3) is 0.550. The van der Waals surface area contributed by atoms with E-state index < -0.39 is 0 Å². The first-order chi connectivity index (χ1) is 12.2. The number of piperazine rings is 1. The predicted octanol–water partition coefficient (Wildman–Crippen LogP) is 1.97. The van der Waals surface area contributed by atoms with Gasteiger partial charge in [-0.1, -0.05) is 12.1 Å². The minimum Gasteiger partial charge on any atom is -0.315 e. The summed E-state index contributed by atoms with van der Waals surface area (Å²) in [5.74, 6) is 0. The van der Waals surface area contributed by atoms with Gasteiger partial charge in [0.1, 0.15) is 0 Å². The van der Waals surface area contributed by atoms with Gasteiger partial charge in [0.2, 0.25) is 0 Å². The normalized spacial score (nSPS) is 22.6. The highest BCUT2D eigenvalue weighted by molar-refractivity contribution is 5.37. The van der Waals surface area contributed by atoms with Gasteiger partial charge in [-0.05, 0) is 50.6 Å². The van der Waals surface area contributed by atoms with Crippen molar-refractivity contribution in [1.29, 1.82) is 0 Å². The van der Waals surface area contributed by atoms with Gasteiger partial charge in [0.05, 0.1) is 11.4 Å². The van der Waals surface area contributed by atoms with E-state index in [-0.39, 0.29) is 0 Å². The van der Waals surface area contributed by atoms with E-state index >= 15 is 0 Å². The maximum atomic E-state index is 4.61. The van der Waals surface area contributed by atoms with Crippen LogP contribution in [0.5, 0.6) is 0 Å². The number of aryl methyl sites for hydroxylation is 2. The quantitative estimate of drug-likeness (QED) is 0.924. The minimum absolute atomic E-state index is 0.761. The summed E-state index contributed by atoms with van der Waals surface area (Å²) in [7, 11) is 0. The van der Waals surface area contributed by atoms with Crippen molar-refractivity contribution >= 4 is 0 Å². The van der Waals surface area contributed by atoms with Gasteiger partial charge in [-0.15, -0.1) is 0 Å². The molecule has 134 valence electrons. The Morgan fingerprint density at radius 3 is 2.64 bits per heavy atom. The number of nitrogens with zero attached hydrogens (tertiary/aromatic N) is 4. The number of rotatable bonds is 4. The van der Waals surface area contributed by atoms with E-state index in [0.29, 0.717) is 0 Å². The molecule has 5 nitrogen and oxygen atoms in total. The lowest BCUT2D eigenvalue weighted by Gasteiger charge is -2.37. The molecule has 5 heteroatoms. The van der Waals surface area contributed by atoms with Crippen molar-refractivity contribution in [2.24, 2.45) is 0 Å². The first-order valence-electron chi connectivity index (χ1n) is 9.49. The van der Waals surface area contributed by atoms with Crippen LogP contribution in [0.2, 0.25) is 0 Å². The van der Waals surface area contributed by atoms with Crippen LogP contribution in [-0.4, -0.2) is 64.9 Å². The lowest BCUT2D eigenvalue weighted by molar-refractivity contribution is 0.0981. The Kier molecular flexibility index (Phi) is 4.88. The largest absolute Gasteiger partial charge is 0.315 e. The molecule has 1 atom stereocenters. The molecule has 2 aliphatic heterocycles. The molecule has 4 rings (SSSR count). The van der Waals surface area contributed by atoms with Crippen molar-refractivity contribution in [3.63, 3.8) is 0 Å². The molecule has 1 aromatic heterocycles. The van der Waals surface area contributed by atoms with Gasteiger partial charge in [-0.25, -0.2) is 4.68 Å². The van der Waals surface area contributed by atoms with Crippen LogP contribution in [-0.2, 0) is 6.54 Å². The predicted molar refractivity (Wildman–Crippen MR) is 101 cm³/mol. The average Bonchev–Trinajstić information content (AvgIpc) is 3.25. The lowest BCUT2D eigenvalue weighted by Crippen LogP contribution is -2.50. The van der Waals surface area contributed by atoms with E-state index in [1.165, 1.54) is 62.6 Å². The first kappa shape index (κ1) is 16.8. The molecular formula is C20H29N5. The van der Waals surface area contributed by atoms with Crippen LogP contribution in [0.4, 0.5) is 0 Å². The van der Waals surface area contributed by atoms with Gasteiger partial charge in [-0.2, -0.15) is 5.10 Å². The minimum atomic E-state index is 0.761. The molecule has 0 saturated carbocycles. The van der Waals surface area contributed by atoms with Crippen molar-refractivity contribution < 1.29 is 0 Å². The summed E-state index contributed by atoms with van der Waals surface area (Å²) in [6, 6.07) is 11.7. The third-order valence-electron chi connectivity index (χ3n) is 5.53. The molecule has 1 aromatic carbocycles. The molecule has 2 saturated heterocycles. The molecule has 1 N–H and O–H groups in total. The SMILES string of the molecule is Cc1cc(C)n(-c2cccc(CN3CCN([C@H]4CCNC4)CC3)c2)n1. The van der Waals surface area contributed by atoms with Crippen LogP contribution >= 0.6 is 0 Å². The zero-order valence-corrected chi connectivity index (χ0v) is 15.4. The van der Waals surface area contributed by atoms with E-state index in [4.69, 9.17) is 0 Å². The number of hydrogen-bond donors (Lipinski definition) is 1. The van der Waals surface area contributed by atoms with Gasteiger partial charge in [0.15, 0.2) is 0 Å². The van der Waals surface area contributed by atoms with Crippen molar-refractivity contribution in [3.8, 4) is 5.69 Å². The summed E-state index contributed by atoms with van der Waals surface area (Å²) in [4.78, 5) is 5.25. The third kappa shape index (κ3) is 3.78. The van der Waals surface area contributed by atoms with Gasteiger partial charge in [0, 0.05) is 51.0 Å². The van der Waals surface area contributed by atoms with Crippen LogP contribution in [0.1, 0.15) is 23.4 Å². The number of benzene rings is 1.